The highest BCUT2D eigenvalue weighted by atomic mass is 16.4. The highest BCUT2D eigenvalue weighted by molar-refractivity contribution is 6.03. The molecule has 6 nitrogen and oxygen atoms in total. The van der Waals surface area contributed by atoms with E-state index in [1.54, 1.807) is 23.0 Å². The van der Waals surface area contributed by atoms with E-state index in [9.17, 15) is 9.59 Å². The summed E-state index contributed by atoms with van der Waals surface area (Å²) in [5, 5.41) is 10.2. The molecule has 0 aromatic carbocycles. The lowest BCUT2D eigenvalue weighted by Crippen LogP contribution is -2.45. The number of pyridine rings is 1. The van der Waals surface area contributed by atoms with Crippen molar-refractivity contribution in [2.24, 2.45) is 0 Å². The summed E-state index contributed by atoms with van der Waals surface area (Å²) in [6.45, 7) is 3.22. The molecule has 1 N–H and O–H groups in total. The smallest absolute Gasteiger partial charge is 0.325 e. The molecule has 0 spiro atoms. The standard InChI is InChI=1S/C14H15N3O3/c1-10-5-6-11(2)17(10)16(9-13(18)19)14(20)12-4-3-7-15-8-12/h3-8H,9H2,1-2H3,(H,18,19). The van der Waals surface area contributed by atoms with Crippen molar-refractivity contribution in [3.63, 3.8) is 0 Å². The number of carbonyl (C=O) groups is 2. The van der Waals surface area contributed by atoms with Gasteiger partial charge in [0.15, 0.2) is 0 Å². The third kappa shape index (κ3) is 2.69. The number of aromatic nitrogens is 2. The van der Waals surface area contributed by atoms with Gasteiger partial charge in [-0.15, -0.1) is 0 Å². The van der Waals surface area contributed by atoms with E-state index in [1.165, 1.54) is 11.2 Å². The molecular formula is C14H15N3O3. The fourth-order valence-electron chi connectivity index (χ4n) is 2.04. The molecular weight excluding hydrogens is 258 g/mol. The maximum atomic E-state index is 12.5. The van der Waals surface area contributed by atoms with Crippen LogP contribution in [0.2, 0.25) is 0 Å². The highest BCUT2D eigenvalue weighted by Crippen LogP contribution is 2.11. The largest absolute Gasteiger partial charge is 0.480 e. The number of nitrogens with zero attached hydrogens (tertiary/aromatic N) is 3. The normalized spacial score (nSPS) is 10.3. The first-order valence-electron chi connectivity index (χ1n) is 6.09. The van der Waals surface area contributed by atoms with E-state index in [2.05, 4.69) is 4.98 Å². The van der Waals surface area contributed by atoms with Crippen LogP contribution in [0.25, 0.3) is 0 Å². The van der Waals surface area contributed by atoms with Gasteiger partial charge in [-0.1, -0.05) is 0 Å². The van der Waals surface area contributed by atoms with E-state index in [1.807, 2.05) is 26.0 Å². The number of amides is 1. The fourth-order valence-corrected chi connectivity index (χ4v) is 2.04. The van der Waals surface area contributed by atoms with Crippen LogP contribution in [0.3, 0.4) is 0 Å². The Morgan fingerprint density at radius 1 is 1.25 bits per heavy atom. The first kappa shape index (κ1) is 13.8. The summed E-state index contributed by atoms with van der Waals surface area (Å²) in [7, 11) is 0. The molecule has 0 saturated carbocycles. The lowest BCUT2D eigenvalue weighted by molar-refractivity contribution is -0.135. The molecule has 0 saturated heterocycles. The monoisotopic (exact) mass is 273 g/mol. The number of rotatable bonds is 4. The van der Waals surface area contributed by atoms with Gasteiger partial charge in [0.25, 0.3) is 5.91 Å². The van der Waals surface area contributed by atoms with Crippen molar-refractivity contribution in [2.75, 3.05) is 11.6 Å². The first-order valence-corrected chi connectivity index (χ1v) is 6.09. The van der Waals surface area contributed by atoms with Crippen LogP contribution in [-0.4, -0.2) is 33.2 Å². The summed E-state index contributed by atoms with van der Waals surface area (Å²) < 4.78 is 1.60. The molecule has 0 unspecified atom stereocenters. The van der Waals surface area contributed by atoms with Crippen molar-refractivity contribution < 1.29 is 14.7 Å². The number of carboxylic acid groups (broad SMARTS) is 1. The molecule has 1 amide bonds. The third-order valence-corrected chi connectivity index (χ3v) is 2.90. The Morgan fingerprint density at radius 2 is 1.90 bits per heavy atom. The molecule has 2 aromatic rings. The maximum absolute atomic E-state index is 12.5. The van der Waals surface area contributed by atoms with E-state index in [-0.39, 0.29) is 0 Å². The number of aliphatic carboxylic acids is 1. The molecule has 2 rings (SSSR count). The Bertz CT molecular complexity index is 615. The van der Waals surface area contributed by atoms with Crippen LogP contribution in [0.15, 0.2) is 36.7 Å². The quantitative estimate of drug-likeness (QED) is 0.912. The topological polar surface area (TPSA) is 75.4 Å². The zero-order valence-electron chi connectivity index (χ0n) is 11.3. The summed E-state index contributed by atoms with van der Waals surface area (Å²) in [4.78, 5) is 27.4. The van der Waals surface area contributed by atoms with Gasteiger partial charge in [0.1, 0.15) is 6.54 Å². The fraction of sp³-hybridized carbons (Fsp3) is 0.214. The van der Waals surface area contributed by atoms with Crippen LogP contribution < -0.4 is 5.01 Å². The summed E-state index contributed by atoms with van der Waals surface area (Å²) in [5.41, 5.74) is 1.93. The van der Waals surface area contributed by atoms with Crippen molar-refractivity contribution >= 4 is 11.9 Å². The number of hydrogen-bond acceptors (Lipinski definition) is 3. The average molecular weight is 273 g/mol. The lowest BCUT2D eigenvalue weighted by Gasteiger charge is -2.25. The first-order chi connectivity index (χ1) is 9.50. The van der Waals surface area contributed by atoms with Crippen LogP contribution in [0.5, 0.6) is 0 Å². The Balaban J connectivity index is 2.43. The Morgan fingerprint density at radius 3 is 2.40 bits per heavy atom. The molecule has 6 heteroatoms. The predicted octanol–water partition coefficient (Wildman–Crippen LogP) is 1.36. The third-order valence-electron chi connectivity index (χ3n) is 2.90. The highest BCUT2D eigenvalue weighted by Gasteiger charge is 2.22. The van der Waals surface area contributed by atoms with Crippen LogP contribution in [-0.2, 0) is 4.79 Å². The van der Waals surface area contributed by atoms with Gasteiger partial charge in [0.2, 0.25) is 0 Å². The number of hydrogen-bond donors (Lipinski definition) is 1. The summed E-state index contributed by atoms with van der Waals surface area (Å²) >= 11 is 0. The molecule has 104 valence electrons. The molecule has 0 radical (unpaired) electrons. The van der Waals surface area contributed by atoms with Crippen molar-refractivity contribution in [3.8, 4) is 0 Å². The lowest BCUT2D eigenvalue weighted by atomic mass is 10.2. The minimum absolute atomic E-state index is 0.348. The molecule has 0 bridgehead atoms. The Labute approximate surface area is 116 Å². The second-order valence-electron chi connectivity index (χ2n) is 4.43. The molecule has 0 aliphatic carbocycles. The van der Waals surface area contributed by atoms with Gasteiger partial charge in [-0.2, -0.15) is 0 Å². The predicted molar refractivity (Wildman–Crippen MR) is 73.2 cm³/mol. The van der Waals surface area contributed by atoms with Gasteiger partial charge in [0, 0.05) is 23.8 Å². The van der Waals surface area contributed by atoms with Crippen molar-refractivity contribution in [2.45, 2.75) is 13.8 Å². The van der Waals surface area contributed by atoms with Gasteiger partial charge in [0.05, 0.1) is 5.56 Å². The molecule has 0 atom stereocenters. The number of carbonyl (C=O) groups excluding carboxylic acids is 1. The van der Waals surface area contributed by atoms with Crippen molar-refractivity contribution in [3.05, 3.63) is 53.6 Å². The number of aryl methyl sites for hydroxylation is 2. The molecule has 0 aliphatic heterocycles. The van der Waals surface area contributed by atoms with Gasteiger partial charge in [-0.3, -0.25) is 19.2 Å². The SMILES string of the molecule is Cc1ccc(C)n1N(CC(=O)O)C(=O)c1cccnc1. The van der Waals surface area contributed by atoms with E-state index < -0.39 is 18.4 Å². The number of carboxylic acids is 1. The maximum Gasteiger partial charge on any atom is 0.325 e. The minimum Gasteiger partial charge on any atom is -0.480 e. The second-order valence-corrected chi connectivity index (χ2v) is 4.43. The van der Waals surface area contributed by atoms with Crippen LogP contribution in [0, 0.1) is 13.8 Å². The van der Waals surface area contributed by atoms with Gasteiger partial charge >= 0.3 is 5.97 Å². The van der Waals surface area contributed by atoms with E-state index in [0.29, 0.717) is 5.56 Å². The average Bonchev–Trinajstić information content (AvgIpc) is 2.76. The van der Waals surface area contributed by atoms with E-state index in [4.69, 9.17) is 5.11 Å². The van der Waals surface area contributed by atoms with Crippen LogP contribution >= 0.6 is 0 Å². The Hall–Kier alpha value is -2.63. The van der Waals surface area contributed by atoms with E-state index >= 15 is 0 Å². The molecule has 20 heavy (non-hydrogen) atoms. The van der Waals surface area contributed by atoms with Gasteiger partial charge < -0.3 is 5.11 Å². The summed E-state index contributed by atoms with van der Waals surface area (Å²) in [6, 6.07) is 6.92. The zero-order valence-corrected chi connectivity index (χ0v) is 11.3. The molecule has 0 fully saturated rings. The van der Waals surface area contributed by atoms with E-state index in [0.717, 1.165) is 11.4 Å². The second kappa shape index (κ2) is 5.56. The Kier molecular flexibility index (Phi) is 3.84. The summed E-state index contributed by atoms with van der Waals surface area (Å²) in [5.74, 6) is -1.47. The van der Waals surface area contributed by atoms with Crippen molar-refractivity contribution in [1.29, 1.82) is 0 Å². The molecule has 2 aromatic heterocycles. The van der Waals surface area contributed by atoms with Gasteiger partial charge in [-0.05, 0) is 38.1 Å². The van der Waals surface area contributed by atoms with Gasteiger partial charge in [-0.25, -0.2) is 5.01 Å². The van der Waals surface area contributed by atoms with Crippen LogP contribution in [0.1, 0.15) is 21.7 Å². The summed E-state index contributed by atoms with van der Waals surface area (Å²) in [6.07, 6.45) is 2.98. The molecule has 0 aliphatic rings. The van der Waals surface area contributed by atoms with Crippen LogP contribution in [0.4, 0.5) is 0 Å². The zero-order chi connectivity index (χ0) is 14.7. The van der Waals surface area contributed by atoms with Crippen molar-refractivity contribution in [1.82, 2.24) is 9.66 Å². The molecule has 2 heterocycles. The minimum atomic E-state index is -1.07.